The maximum absolute atomic E-state index is 12.3. The average molecular weight is 395 g/mol. The molecule has 1 amide bonds. The molecule has 6 heteroatoms. The van der Waals surface area contributed by atoms with E-state index in [0.717, 1.165) is 22.1 Å². The lowest BCUT2D eigenvalue weighted by molar-refractivity contribution is -0.118. The van der Waals surface area contributed by atoms with Crippen molar-refractivity contribution < 1.29 is 4.79 Å². The first-order chi connectivity index (χ1) is 13.4. The molecule has 0 radical (unpaired) electrons. The van der Waals surface area contributed by atoms with Crippen LogP contribution in [0, 0.1) is 13.8 Å². The highest BCUT2D eigenvalue weighted by Crippen LogP contribution is 2.22. The van der Waals surface area contributed by atoms with Crippen LogP contribution in [-0.2, 0) is 11.3 Å². The number of aryl methyl sites for hydroxylation is 2. The second kappa shape index (κ2) is 8.97. The van der Waals surface area contributed by atoms with Crippen molar-refractivity contribution >= 4 is 23.4 Å². The first kappa shape index (κ1) is 20.0. The minimum Gasteiger partial charge on any atom is -0.378 e. The average Bonchev–Trinajstić information content (AvgIpc) is 3.13. The zero-order valence-electron chi connectivity index (χ0n) is 16.8. The second-order valence-corrected chi connectivity index (χ2v) is 8.00. The van der Waals surface area contributed by atoms with Gasteiger partial charge in [0.1, 0.15) is 0 Å². The number of carbonyl (C=O) groups is 1. The molecular formula is C22H26N4OS. The number of hydrogen-bond acceptors (Lipinski definition) is 4. The Bertz CT molecular complexity index is 944. The number of carbonyl (C=O) groups excluding carboxylic acids is 1. The van der Waals surface area contributed by atoms with E-state index in [2.05, 4.69) is 48.4 Å². The summed E-state index contributed by atoms with van der Waals surface area (Å²) in [6.07, 6.45) is 3.70. The second-order valence-electron chi connectivity index (χ2n) is 7.06. The van der Waals surface area contributed by atoms with E-state index in [9.17, 15) is 4.79 Å². The first-order valence-corrected chi connectivity index (χ1v) is 10.2. The summed E-state index contributed by atoms with van der Waals surface area (Å²) >= 11 is 1.44. The predicted octanol–water partition coefficient (Wildman–Crippen LogP) is 3.96. The number of imidazole rings is 1. The molecule has 0 bridgehead atoms. The zero-order chi connectivity index (χ0) is 20.1. The molecule has 0 fully saturated rings. The molecule has 28 heavy (non-hydrogen) atoms. The summed E-state index contributed by atoms with van der Waals surface area (Å²) in [5.74, 6) is 0.324. The largest absolute Gasteiger partial charge is 0.378 e. The van der Waals surface area contributed by atoms with Crippen molar-refractivity contribution in [3.05, 3.63) is 71.5 Å². The maximum Gasteiger partial charge on any atom is 0.230 e. The zero-order valence-corrected chi connectivity index (χ0v) is 17.6. The maximum atomic E-state index is 12.3. The van der Waals surface area contributed by atoms with E-state index in [-0.39, 0.29) is 5.91 Å². The number of benzene rings is 2. The number of rotatable bonds is 7. The highest BCUT2D eigenvalue weighted by atomic mass is 32.2. The molecule has 0 saturated heterocycles. The predicted molar refractivity (Wildman–Crippen MR) is 116 cm³/mol. The molecule has 1 heterocycles. The van der Waals surface area contributed by atoms with Crippen LogP contribution in [0.15, 0.2) is 60.0 Å². The molecule has 0 unspecified atom stereocenters. The molecule has 0 atom stereocenters. The van der Waals surface area contributed by atoms with Crippen molar-refractivity contribution in [1.82, 2.24) is 14.9 Å². The van der Waals surface area contributed by atoms with E-state index >= 15 is 0 Å². The van der Waals surface area contributed by atoms with Gasteiger partial charge in [0.15, 0.2) is 5.16 Å². The fourth-order valence-corrected chi connectivity index (χ4v) is 3.81. The molecule has 0 spiro atoms. The summed E-state index contributed by atoms with van der Waals surface area (Å²) in [6, 6.07) is 14.5. The van der Waals surface area contributed by atoms with Gasteiger partial charge in [-0.2, -0.15) is 0 Å². The van der Waals surface area contributed by atoms with Gasteiger partial charge in [-0.25, -0.2) is 4.98 Å². The minimum absolute atomic E-state index is 0.00442. The van der Waals surface area contributed by atoms with Crippen molar-refractivity contribution in [2.75, 3.05) is 24.7 Å². The number of amides is 1. The molecule has 0 saturated carbocycles. The quantitative estimate of drug-likeness (QED) is 0.616. The van der Waals surface area contributed by atoms with Gasteiger partial charge in [0, 0.05) is 44.4 Å². The monoisotopic (exact) mass is 394 g/mol. The van der Waals surface area contributed by atoms with Gasteiger partial charge in [-0.3, -0.25) is 9.36 Å². The Labute approximate surface area is 170 Å². The van der Waals surface area contributed by atoms with Crippen LogP contribution in [0.25, 0.3) is 5.69 Å². The molecule has 2 aromatic carbocycles. The molecule has 146 valence electrons. The molecular weight excluding hydrogens is 368 g/mol. The van der Waals surface area contributed by atoms with E-state index in [1.165, 1.54) is 22.9 Å². The standard InChI is InChI=1S/C22H26N4OS/c1-16-10-17(2)12-20(11-16)26-9-8-23-22(26)28-15-21(27)24-14-18-6-5-7-19(13-18)25(3)4/h5-13H,14-15H2,1-4H3,(H,24,27). The topological polar surface area (TPSA) is 50.2 Å². The van der Waals surface area contributed by atoms with Crippen LogP contribution in [0.2, 0.25) is 0 Å². The lowest BCUT2D eigenvalue weighted by atomic mass is 10.1. The Morgan fingerprint density at radius 2 is 1.89 bits per heavy atom. The van der Waals surface area contributed by atoms with Crippen LogP contribution in [0.4, 0.5) is 5.69 Å². The van der Waals surface area contributed by atoms with E-state index in [1.54, 1.807) is 6.20 Å². The van der Waals surface area contributed by atoms with Gasteiger partial charge in [0.05, 0.1) is 5.75 Å². The fraction of sp³-hybridized carbons (Fsp3) is 0.273. The highest BCUT2D eigenvalue weighted by Gasteiger charge is 2.10. The van der Waals surface area contributed by atoms with E-state index in [1.807, 2.05) is 48.0 Å². The van der Waals surface area contributed by atoms with Crippen molar-refractivity contribution in [2.45, 2.75) is 25.5 Å². The van der Waals surface area contributed by atoms with Crippen molar-refractivity contribution in [1.29, 1.82) is 0 Å². The summed E-state index contributed by atoms with van der Waals surface area (Å²) in [7, 11) is 4.01. The number of nitrogens with zero attached hydrogens (tertiary/aromatic N) is 3. The smallest absolute Gasteiger partial charge is 0.230 e. The highest BCUT2D eigenvalue weighted by molar-refractivity contribution is 7.99. The molecule has 0 aliphatic heterocycles. The summed E-state index contributed by atoms with van der Waals surface area (Å²) in [5, 5.41) is 3.80. The third-order valence-electron chi connectivity index (χ3n) is 4.34. The molecule has 1 aromatic heterocycles. The van der Waals surface area contributed by atoms with Gasteiger partial charge in [-0.15, -0.1) is 0 Å². The van der Waals surface area contributed by atoms with Crippen LogP contribution in [0.5, 0.6) is 0 Å². The number of thioether (sulfide) groups is 1. The van der Waals surface area contributed by atoms with Crippen LogP contribution < -0.4 is 10.2 Å². The van der Waals surface area contributed by atoms with E-state index < -0.39 is 0 Å². The first-order valence-electron chi connectivity index (χ1n) is 9.20. The van der Waals surface area contributed by atoms with Crippen LogP contribution >= 0.6 is 11.8 Å². The van der Waals surface area contributed by atoms with Gasteiger partial charge >= 0.3 is 0 Å². The summed E-state index contributed by atoms with van der Waals surface area (Å²) in [5.41, 5.74) is 5.69. The Hall–Kier alpha value is -2.73. The number of anilines is 1. The molecule has 3 aromatic rings. The SMILES string of the molecule is Cc1cc(C)cc(-n2ccnc2SCC(=O)NCc2cccc(N(C)C)c2)c1. The molecule has 1 N–H and O–H groups in total. The molecule has 3 rings (SSSR count). The van der Waals surface area contributed by atoms with Crippen LogP contribution in [-0.4, -0.2) is 35.3 Å². The number of nitrogens with one attached hydrogen (secondary N) is 1. The van der Waals surface area contributed by atoms with Crippen LogP contribution in [0.3, 0.4) is 0 Å². The molecule has 0 aliphatic rings. The third-order valence-corrected chi connectivity index (χ3v) is 5.31. The minimum atomic E-state index is -0.00442. The Morgan fingerprint density at radius 3 is 2.61 bits per heavy atom. The van der Waals surface area contributed by atoms with Gasteiger partial charge < -0.3 is 10.2 Å². The van der Waals surface area contributed by atoms with Crippen molar-refractivity contribution in [3.8, 4) is 5.69 Å². The normalized spacial score (nSPS) is 10.7. The summed E-state index contributed by atoms with van der Waals surface area (Å²) < 4.78 is 2.03. The molecule has 5 nitrogen and oxygen atoms in total. The van der Waals surface area contributed by atoms with Gasteiger partial charge in [0.2, 0.25) is 5.91 Å². The summed E-state index contributed by atoms with van der Waals surface area (Å²) in [4.78, 5) is 18.8. The molecule has 0 aliphatic carbocycles. The van der Waals surface area contributed by atoms with E-state index in [4.69, 9.17) is 0 Å². The lowest BCUT2D eigenvalue weighted by Gasteiger charge is -2.14. The third kappa shape index (κ3) is 5.16. The van der Waals surface area contributed by atoms with Crippen molar-refractivity contribution in [3.63, 3.8) is 0 Å². The van der Waals surface area contributed by atoms with Gasteiger partial charge in [0.25, 0.3) is 0 Å². The summed E-state index contributed by atoms with van der Waals surface area (Å²) in [6.45, 7) is 4.69. The number of aromatic nitrogens is 2. The van der Waals surface area contributed by atoms with E-state index in [0.29, 0.717) is 12.3 Å². The van der Waals surface area contributed by atoms with Gasteiger partial charge in [-0.05, 0) is 54.8 Å². The fourth-order valence-electron chi connectivity index (χ4n) is 3.01. The van der Waals surface area contributed by atoms with Crippen LogP contribution in [0.1, 0.15) is 16.7 Å². The van der Waals surface area contributed by atoms with Crippen molar-refractivity contribution in [2.24, 2.45) is 0 Å². The Kier molecular flexibility index (Phi) is 6.41. The lowest BCUT2D eigenvalue weighted by Crippen LogP contribution is -2.24. The Balaban J connectivity index is 1.58. The number of hydrogen-bond donors (Lipinski definition) is 1. The Morgan fingerprint density at radius 1 is 1.14 bits per heavy atom. The van der Waals surface area contributed by atoms with Gasteiger partial charge in [-0.1, -0.05) is 30.0 Å².